The lowest BCUT2D eigenvalue weighted by Gasteiger charge is -2.43. The van der Waals surface area contributed by atoms with E-state index in [1.54, 1.807) is 5.01 Å². The summed E-state index contributed by atoms with van der Waals surface area (Å²) in [6, 6.07) is 0.268. The van der Waals surface area contributed by atoms with E-state index in [1.807, 2.05) is 11.9 Å². The lowest BCUT2D eigenvalue weighted by molar-refractivity contribution is -0.153. The minimum Gasteiger partial charge on any atom is -0.325 e. The third-order valence-corrected chi connectivity index (χ3v) is 4.51. The van der Waals surface area contributed by atoms with Gasteiger partial charge in [-0.05, 0) is 18.3 Å². The maximum Gasteiger partial charge on any atom is 0.240 e. The summed E-state index contributed by atoms with van der Waals surface area (Å²) in [4.78, 5) is 26.1. The Morgan fingerprint density at radius 2 is 1.65 bits per heavy atom. The molecule has 0 saturated carbocycles. The SMILES string of the molecule is CC(C)C(C(C)C)N1C(N2CCCC2=O)CC(=O)N1C. The molecule has 0 aromatic heterocycles. The molecule has 2 fully saturated rings. The molecule has 1 unspecified atom stereocenters. The van der Waals surface area contributed by atoms with Crippen LogP contribution in [0.3, 0.4) is 0 Å². The van der Waals surface area contributed by atoms with Gasteiger partial charge in [-0.1, -0.05) is 27.7 Å². The van der Waals surface area contributed by atoms with Crippen molar-refractivity contribution in [1.29, 1.82) is 0 Å². The van der Waals surface area contributed by atoms with Gasteiger partial charge in [0.15, 0.2) is 0 Å². The predicted octanol–water partition coefficient (Wildman–Crippen LogP) is 1.69. The molecule has 2 amide bonds. The Labute approximate surface area is 121 Å². The number of rotatable bonds is 4. The van der Waals surface area contributed by atoms with E-state index in [1.165, 1.54) is 0 Å². The molecule has 0 aliphatic carbocycles. The highest BCUT2D eigenvalue weighted by Crippen LogP contribution is 2.32. The predicted molar refractivity (Wildman–Crippen MR) is 77.4 cm³/mol. The number of likely N-dealkylation sites (tertiary alicyclic amines) is 1. The Morgan fingerprint density at radius 1 is 1.05 bits per heavy atom. The van der Waals surface area contributed by atoms with E-state index in [2.05, 4.69) is 32.7 Å². The van der Waals surface area contributed by atoms with Crippen molar-refractivity contribution in [2.24, 2.45) is 11.8 Å². The molecular weight excluding hydrogens is 254 g/mol. The van der Waals surface area contributed by atoms with Gasteiger partial charge in [0, 0.05) is 26.1 Å². The summed E-state index contributed by atoms with van der Waals surface area (Å²) >= 11 is 0. The molecule has 0 aromatic carbocycles. The highest BCUT2D eigenvalue weighted by molar-refractivity contribution is 5.82. The molecule has 114 valence electrons. The maximum atomic E-state index is 12.2. The van der Waals surface area contributed by atoms with Crippen LogP contribution in [-0.4, -0.2) is 52.5 Å². The quantitative estimate of drug-likeness (QED) is 0.788. The number of hydrogen-bond acceptors (Lipinski definition) is 3. The van der Waals surface area contributed by atoms with E-state index in [4.69, 9.17) is 0 Å². The van der Waals surface area contributed by atoms with Gasteiger partial charge in [-0.3, -0.25) is 14.6 Å². The molecule has 0 bridgehead atoms. The van der Waals surface area contributed by atoms with Crippen molar-refractivity contribution >= 4 is 11.8 Å². The summed E-state index contributed by atoms with van der Waals surface area (Å²) in [5, 5.41) is 3.89. The van der Waals surface area contributed by atoms with Crippen LogP contribution in [0, 0.1) is 11.8 Å². The lowest BCUT2D eigenvalue weighted by Crippen LogP contribution is -2.56. The topological polar surface area (TPSA) is 43.9 Å². The highest BCUT2D eigenvalue weighted by Gasteiger charge is 2.46. The molecule has 2 saturated heterocycles. The van der Waals surface area contributed by atoms with Crippen LogP contribution in [0.1, 0.15) is 47.0 Å². The van der Waals surface area contributed by atoms with Crippen LogP contribution >= 0.6 is 0 Å². The fourth-order valence-corrected chi connectivity index (χ4v) is 3.73. The van der Waals surface area contributed by atoms with Crippen molar-refractivity contribution < 1.29 is 9.59 Å². The monoisotopic (exact) mass is 281 g/mol. The first-order valence-electron chi connectivity index (χ1n) is 7.68. The fourth-order valence-electron chi connectivity index (χ4n) is 3.73. The van der Waals surface area contributed by atoms with Crippen LogP contribution in [0.25, 0.3) is 0 Å². The van der Waals surface area contributed by atoms with E-state index in [0.717, 1.165) is 13.0 Å². The molecule has 1 atom stereocenters. The van der Waals surface area contributed by atoms with Gasteiger partial charge in [-0.25, -0.2) is 0 Å². The van der Waals surface area contributed by atoms with Crippen LogP contribution in [-0.2, 0) is 9.59 Å². The largest absolute Gasteiger partial charge is 0.325 e. The Morgan fingerprint density at radius 3 is 2.10 bits per heavy atom. The molecule has 0 radical (unpaired) electrons. The average Bonchev–Trinajstić information content (AvgIpc) is 2.87. The number of carbonyl (C=O) groups is 2. The van der Waals surface area contributed by atoms with Gasteiger partial charge < -0.3 is 4.90 Å². The molecule has 2 rings (SSSR count). The number of nitrogens with zero attached hydrogens (tertiary/aromatic N) is 3. The third-order valence-electron chi connectivity index (χ3n) is 4.51. The zero-order valence-corrected chi connectivity index (χ0v) is 13.3. The standard InChI is InChI=1S/C15H27N3O2/c1-10(2)15(11(3)4)18-12(9-14(20)16(18)5)17-8-6-7-13(17)19/h10-12,15H,6-9H2,1-5H3. The zero-order valence-electron chi connectivity index (χ0n) is 13.3. The van der Waals surface area contributed by atoms with E-state index < -0.39 is 0 Å². The summed E-state index contributed by atoms with van der Waals surface area (Å²) in [5.74, 6) is 1.17. The van der Waals surface area contributed by atoms with Gasteiger partial charge in [0.25, 0.3) is 0 Å². The summed E-state index contributed by atoms with van der Waals surface area (Å²) in [6.45, 7) is 9.52. The number of carbonyl (C=O) groups excluding carboxylic acids is 2. The van der Waals surface area contributed by atoms with Gasteiger partial charge in [-0.15, -0.1) is 0 Å². The fraction of sp³-hybridized carbons (Fsp3) is 0.867. The summed E-state index contributed by atoms with van der Waals surface area (Å²) in [6.07, 6.45) is 1.88. The Kier molecular flexibility index (Phi) is 4.37. The zero-order chi connectivity index (χ0) is 15.0. The van der Waals surface area contributed by atoms with Crippen molar-refractivity contribution in [3.05, 3.63) is 0 Å². The minimum atomic E-state index is -0.0858. The minimum absolute atomic E-state index is 0.0858. The van der Waals surface area contributed by atoms with Crippen molar-refractivity contribution in [3.8, 4) is 0 Å². The van der Waals surface area contributed by atoms with Crippen LogP contribution in [0.15, 0.2) is 0 Å². The molecule has 2 aliphatic heterocycles. The van der Waals surface area contributed by atoms with Crippen LogP contribution < -0.4 is 0 Å². The smallest absolute Gasteiger partial charge is 0.240 e. The summed E-state index contributed by atoms with van der Waals surface area (Å²) < 4.78 is 0. The second-order valence-corrected chi connectivity index (χ2v) is 6.65. The molecule has 2 aliphatic rings. The van der Waals surface area contributed by atoms with Gasteiger partial charge >= 0.3 is 0 Å². The summed E-state index contributed by atoms with van der Waals surface area (Å²) in [5.41, 5.74) is 0. The second kappa shape index (κ2) is 5.72. The summed E-state index contributed by atoms with van der Waals surface area (Å²) in [7, 11) is 1.83. The van der Waals surface area contributed by atoms with Crippen LogP contribution in [0.4, 0.5) is 0 Å². The Bertz CT molecular complexity index is 387. The van der Waals surface area contributed by atoms with Crippen molar-refractivity contribution in [1.82, 2.24) is 14.9 Å². The first-order valence-corrected chi connectivity index (χ1v) is 7.68. The van der Waals surface area contributed by atoms with E-state index in [9.17, 15) is 9.59 Å². The van der Waals surface area contributed by atoms with Crippen molar-refractivity contribution in [3.63, 3.8) is 0 Å². The molecule has 0 aromatic rings. The first kappa shape index (κ1) is 15.3. The Balaban J connectivity index is 2.29. The third kappa shape index (κ3) is 2.55. The van der Waals surface area contributed by atoms with Gasteiger partial charge in [-0.2, -0.15) is 5.01 Å². The van der Waals surface area contributed by atoms with Crippen LogP contribution in [0.2, 0.25) is 0 Å². The van der Waals surface area contributed by atoms with E-state index >= 15 is 0 Å². The molecular formula is C15H27N3O2. The average molecular weight is 281 g/mol. The first-order chi connectivity index (χ1) is 9.34. The van der Waals surface area contributed by atoms with Gasteiger partial charge in [0.1, 0.15) is 6.17 Å². The molecule has 0 spiro atoms. The molecule has 5 heteroatoms. The van der Waals surface area contributed by atoms with Crippen molar-refractivity contribution in [2.45, 2.75) is 59.2 Å². The maximum absolute atomic E-state index is 12.2. The Hall–Kier alpha value is -1.10. The van der Waals surface area contributed by atoms with Gasteiger partial charge in [0.05, 0.1) is 6.42 Å². The number of amides is 2. The molecule has 0 N–H and O–H groups in total. The van der Waals surface area contributed by atoms with E-state index in [-0.39, 0.29) is 24.0 Å². The highest BCUT2D eigenvalue weighted by atomic mass is 16.2. The van der Waals surface area contributed by atoms with Crippen molar-refractivity contribution in [2.75, 3.05) is 13.6 Å². The van der Waals surface area contributed by atoms with E-state index in [0.29, 0.717) is 24.7 Å². The molecule has 2 heterocycles. The normalized spacial score (nSPS) is 25.1. The number of hydrogen-bond donors (Lipinski definition) is 0. The molecule has 20 heavy (non-hydrogen) atoms. The van der Waals surface area contributed by atoms with Gasteiger partial charge in [0.2, 0.25) is 11.8 Å². The lowest BCUT2D eigenvalue weighted by atomic mass is 9.92. The second-order valence-electron chi connectivity index (χ2n) is 6.65. The molecule has 5 nitrogen and oxygen atoms in total. The van der Waals surface area contributed by atoms with Crippen LogP contribution in [0.5, 0.6) is 0 Å². The number of hydrazine groups is 1.